The van der Waals surface area contributed by atoms with Gasteiger partial charge in [-0.15, -0.1) is 7.92 Å². The maximum absolute atomic E-state index is 11.4. The molecule has 0 aromatic heterocycles. The van der Waals surface area contributed by atoms with Crippen molar-refractivity contribution < 1.29 is 14.8 Å². The summed E-state index contributed by atoms with van der Waals surface area (Å²) < 4.78 is 0. The van der Waals surface area contributed by atoms with Gasteiger partial charge in [-0.25, -0.2) is 0 Å². The van der Waals surface area contributed by atoms with E-state index in [2.05, 4.69) is 13.3 Å². The van der Waals surface area contributed by atoms with Crippen LogP contribution in [-0.4, -0.2) is 41.0 Å². The molecular weight excluding hydrogens is 528 g/mol. The summed E-state index contributed by atoms with van der Waals surface area (Å²) in [5.41, 5.74) is 4.99. The van der Waals surface area contributed by atoms with Gasteiger partial charge in [-0.3, -0.25) is 30.3 Å². The van der Waals surface area contributed by atoms with Crippen molar-refractivity contribution >= 4 is 53.7 Å². The summed E-state index contributed by atoms with van der Waals surface area (Å²) in [7, 11) is -0.438. The molecule has 0 fully saturated rings. The molecule has 9 nitrogen and oxygen atoms in total. The molecule has 0 N–H and O–H groups in total. The lowest BCUT2D eigenvalue weighted by atomic mass is 9.34. The zero-order chi connectivity index (χ0) is 28.8. The number of benzene rings is 4. The molecule has 4 aromatic carbocycles. The zero-order valence-electron chi connectivity index (χ0n) is 21.8. The van der Waals surface area contributed by atoms with Crippen molar-refractivity contribution in [3.8, 4) is 0 Å². The van der Waals surface area contributed by atoms with Crippen LogP contribution in [0.4, 0.5) is 17.1 Å². The maximum Gasteiger partial charge on any atom is 0.269 e. The third-order valence-corrected chi connectivity index (χ3v) is 7.42. The lowest BCUT2D eigenvalue weighted by Crippen LogP contribution is -2.44. The van der Waals surface area contributed by atoms with E-state index in [1.807, 2.05) is 30.3 Å². The molecule has 0 radical (unpaired) electrons. The molecule has 0 aliphatic heterocycles. The van der Waals surface area contributed by atoms with Crippen LogP contribution in [0.2, 0.25) is 0 Å². The highest BCUT2D eigenvalue weighted by atomic mass is 31.1. The first-order valence-electron chi connectivity index (χ1n) is 12.3. The first-order valence-corrected chi connectivity index (χ1v) is 14.7. The molecule has 0 saturated heterocycles. The van der Waals surface area contributed by atoms with E-state index in [1.165, 1.54) is 36.4 Å². The van der Waals surface area contributed by atoms with E-state index in [9.17, 15) is 30.3 Å². The van der Waals surface area contributed by atoms with E-state index in [0.29, 0.717) is 0 Å². The molecule has 11 heteroatoms. The predicted octanol–water partition coefficient (Wildman–Crippen LogP) is 5.91. The summed E-state index contributed by atoms with van der Waals surface area (Å²) in [5, 5.41) is 34.2. The van der Waals surface area contributed by atoms with E-state index in [-0.39, 0.29) is 17.1 Å². The van der Waals surface area contributed by atoms with E-state index in [4.69, 9.17) is 0 Å². The van der Waals surface area contributed by atoms with Gasteiger partial charge in [0.1, 0.15) is 0 Å². The molecule has 0 unspecified atom stereocenters. The van der Waals surface area contributed by atoms with Crippen molar-refractivity contribution in [2.45, 2.75) is 0 Å². The average molecular weight is 553 g/mol. The second-order valence-corrected chi connectivity index (χ2v) is 11.9. The number of nitro groups is 3. The molecule has 0 bridgehead atoms. The van der Waals surface area contributed by atoms with Crippen molar-refractivity contribution in [2.75, 3.05) is 19.5 Å². The number of rotatable bonds is 10. The van der Waals surface area contributed by atoms with Crippen molar-refractivity contribution in [3.05, 3.63) is 145 Å². The number of nitro benzene ring substituents is 3. The minimum absolute atomic E-state index is 0.0418. The predicted molar refractivity (Wildman–Crippen MR) is 161 cm³/mol. The Morgan fingerprint density at radius 3 is 1.38 bits per heavy atom. The number of non-ortho nitro benzene ring substituents is 3. The highest BCUT2D eigenvalue weighted by molar-refractivity contribution is 7.56. The van der Waals surface area contributed by atoms with Crippen LogP contribution in [0.1, 0.15) is 11.1 Å². The molecule has 0 aliphatic carbocycles. The van der Waals surface area contributed by atoms with Crippen LogP contribution in [-0.2, 0) is 0 Å². The molecule has 0 atom stereocenters. The van der Waals surface area contributed by atoms with Gasteiger partial charge in [0, 0.05) is 36.4 Å². The van der Waals surface area contributed by atoms with Crippen LogP contribution < -0.4 is 10.9 Å². The Morgan fingerprint density at radius 1 is 0.600 bits per heavy atom. The third kappa shape index (κ3) is 6.47. The van der Waals surface area contributed by atoms with Gasteiger partial charge in [0.2, 0.25) is 6.71 Å². The standard InChI is InChI=1S/C29H25BN3O6P/c1-40(2)20-28(21-6-4-3-5-7-21)29(22-8-14-25(15-9-22)31(34)35)30(23-10-16-26(17-11-23)32(36)37)24-12-18-27(19-13-24)33(38)39/h3-19H,20H2,1-2H3/b29-28+. The van der Waals surface area contributed by atoms with Crippen LogP contribution in [0.25, 0.3) is 11.0 Å². The smallest absolute Gasteiger partial charge is 0.258 e. The lowest BCUT2D eigenvalue weighted by molar-refractivity contribution is -0.385. The highest BCUT2D eigenvalue weighted by Gasteiger charge is 2.30. The molecule has 0 heterocycles. The Balaban J connectivity index is 2.07. The molecule has 40 heavy (non-hydrogen) atoms. The van der Waals surface area contributed by atoms with Crippen molar-refractivity contribution in [2.24, 2.45) is 0 Å². The van der Waals surface area contributed by atoms with E-state index in [0.717, 1.165) is 39.3 Å². The van der Waals surface area contributed by atoms with E-state index >= 15 is 0 Å². The molecule has 0 aliphatic rings. The summed E-state index contributed by atoms with van der Waals surface area (Å²) in [6.45, 7) is 3.85. The first kappa shape index (κ1) is 28.3. The molecule has 0 spiro atoms. The van der Waals surface area contributed by atoms with Gasteiger partial charge in [-0.1, -0.05) is 71.0 Å². The lowest BCUT2D eigenvalue weighted by Gasteiger charge is -2.25. The summed E-state index contributed by atoms with van der Waals surface area (Å²) in [6.07, 6.45) is 0.738. The number of hydrogen-bond acceptors (Lipinski definition) is 6. The SMILES string of the molecule is CP(C)C/C(=C(\B(c1ccc([N+](=O)[O-])cc1)c1ccc([N+](=O)[O-])cc1)c1ccc([N+](=O)[O-])cc1)c1ccccc1. The Labute approximate surface area is 232 Å². The topological polar surface area (TPSA) is 129 Å². The van der Waals surface area contributed by atoms with Gasteiger partial charge in [-0.05, 0) is 48.3 Å². The van der Waals surface area contributed by atoms with Gasteiger partial charge < -0.3 is 0 Å². The maximum atomic E-state index is 11.4. The fraction of sp³-hybridized carbons (Fsp3) is 0.103. The van der Waals surface area contributed by atoms with Gasteiger partial charge in [0.15, 0.2) is 0 Å². The number of hydrogen-bond donors (Lipinski definition) is 0. The van der Waals surface area contributed by atoms with Crippen LogP contribution in [0.5, 0.6) is 0 Å². The van der Waals surface area contributed by atoms with Gasteiger partial charge in [0.25, 0.3) is 17.1 Å². The zero-order valence-corrected chi connectivity index (χ0v) is 22.7. The number of nitrogens with zero attached hydrogens (tertiary/aromatic N) is 3. The second-order valence-electron chi connectivity index (χ2n) is 9.43. The molecule has 0 saturated carbocycles. The normalized spacial score (nSPS) is 11.6. The van der Waals surface area contributed by atoms with Crippen LogP contribution in [0.15, 0.2) is 103 Å². The summed E-state index contributed by atoms with van der Waals surface area (Å²) in [5.74, 6) is 0. The minimum atomic E-state index is -0.478. The fourth-order valence-electron chi connectivity index (χ4n) is 4.67. The second kappa shape index (κ2) is 12.4. The third-order valence-electron chi connectivity index (χ3n) is 6.47. The fourth-order valence-corrected chi connectivity index (χ4v) is 5.65. The number of allylic oxidation sites excluding steroid dienone is 1. The molecule has 200 valence electrons. The average Bonchev–Trinajstić information content (AvgIpc) is 2.95. The molecular formula is C29H25BN3O6P. The highest BCUT2D eigenvalue weighted by Crippen LogP contribution is 2.38. The van der Waals surface area contributed by atoms with Crippen LogP contribution >= 0.6 is 7.92 Å². The van der Waals surface area contributed by atoms with Crippen molar-refractivity contribution in [1.82, 2.24) is 0 Å². The first-order chi connectivity index (χ1) is 19.2. The Bertz CT molecular complexity index is 1500. The van der Waals surface area contributed by atoms with Crippen LogP contribution in [0, 0.1) is 30.3 Å². The molecule has 0 amide bonds. The summed E-state index contributed by atoms with van der Waals surface area (Å²) in [6, 6.07) is 28.7. The van der Waals surface area contributed by atoms with E-state index < -0.39 is 29.4 Å². The largest absolute Gasteiger partial charge is 0.269 e. The Hall–Kier alpha value is -4.69. The van der Waals surface area contributed by atoms with Gasteiger partial charge >= 0.3 is 0 Å². The molecule has 4 aromatic rings. The summed E-state index contributed by atoms with van der Waals surface area (Å²) >= 11 is 0. The van der Waals surface area contributed by atoms with Gasteiger partial charge in [-0.2, -0.15) is 0 Å². The quantitative estimate of drug-likeness (QED) is 0.0789. The minimum Gasteiger partial charge on any atom is -0.258 e. The molecule has 4 rings (SSSR count). The Morgan fingerprint density at radius 2 is 1.00 bits per heavy atom. The Kier molecular flexibility index (Phi) is 8.81. The monoisotopic (exact) mass is 553 g/mol. The van der Waals surface area contributed by atoms with Crippen LogP contribution in [0.3, 0.4) is 0 Å². The van der Waals surface area contributed by atoms with Gasteiger partial charge in [0.05, 0.1) is 14.8 Å². The van der Waals surface area contributed by atoms with Crippen molar-refractivity contribution in [1.29, 1.82) is 0 Å². The van der Waals surface area contributed by atoms with E-state index in [1.54, 1.807) is 36.4 Å². The summed E-state index contributed by atoms with van der Waals surface area (Å²) in [4.78, 5) is 32.8. The van der Waals surface area contributed by atoms with Crippen molar-refractivity contribution in [3.63, 3.8) is 0 Å².